The van der Waals surface area contributed by atoms with Gasteiger partial charge in [-0.2, -0.15) is 0 Å². The maximum absolute atomic E-state index is 6.10. The Morgan fingerprint density at radius 3 is 2.80 bits per heavy atom. The smallest absolute Gasteiger partial charge is 0.112 e. The summed E-state index contributed by atoms with van der Waals surface area (Å²) < 4.78 is 2.39. The fraction of sp³-hybridized carbons (Fsp3) is 0.750. The summed E-state index contributed by atoms with van der Waals surface area (Å²) in [5.41, 5.74) is 7.36. The average Bonchev–Trinajstić information content (AvgIpc) is 2.85. The number of nitrogens with zero attached hydrogens (tertiary/aromatic N) is 2. The van der Waals surface area contributed by atoms with Crippen LogP contribution in [0.2, 0.25) is 0 Å². The van der Waals surface area contributed by atoms with E-state index in [9.17, 15) is 0 Å². The SMILES string of the molecule is NC1CCCn2c1cnc2C1CCCC1. The van der Waals surface area contributed by atoms with Crippen molar-refractivity contribution in [2.75, 3.05) is 0 Å². The monoisotopic (exact) mass is 205 g/mol. The summed E-state index contributed by atoms with van der Waals surface area (Å²) in [4.78, 5) is 4.61. The molecule has 1 unspecified atom stereocenters. The normalized spacial score (nSPS) is 26.9. The Labute approximate surface area is 90.7 Å². The lowest BCUT2D eigenvalue weighted by Crippen LogP contribution is -2.22. The van der Waals surface area contributed by atoms with E-state index in [0.29, 0.717) is 5.92 Å². The summed E-state index contributed by atoms with van der Waals surface area (Å²) in [7, 11) is 0. The first-order chi connectivity index (χ1) is 7.36. The van der Waals surface area contributed by atoms with Gasteiger partial charge in [0, 0.05) is 18.5 Å². The molecule has 0 radical (unpaired) electrons. The van der Waals surface area contributed by atoms with Gasteiger partial charge in [-0.05, 0) is 25.7 Å². The quantitative estimate of drug-likeness (QED) is 0.764. The summed E-state index contributed by atoms with van der Waals surface area (Å²) in [6, 6.07) is 0.224. The largest absolute Gasteiger partial charge is 0.330 e. The Bertz CT molecular complexity index is 350. The van der Waals surface area contributed by atoms with Crippen LogP contribution >= 0.6 is 0 Å². The number of hydrogen-bond donors (Lipinski definition) is 1. The van der Waals surface area contributed by atoms with E-state index in [1.165, 1.54) is 43.6 Å². The van der Waals surface area contributed by atoms with Crippen LogP contribution in [0.4, 0.5) is 0 Å². The molecule has 1 aliphatic heterocycles. The molecule has 0 spiro atoms. The van der Waals surface area contributed by atoms with Gasteiger partial charge in [0.1, 0.15) is 5.82 Å². The van der Waals surface area contributed by atoms with Crippen molar-refractivity contribution < 1.29 is 0 Å². The second-order valence-electron chi connectivity index (χ2n) is 4.92. The van der Waals surface area contributed by atoms with Gasteiger partial charge in [-0.1, -0.05) is 12.8 Å². The molecule has 0 aromatic carbocycles. The average molecular weight is 205 g/mol. The highest BCUT2D eigenvalue weighted by Gasteiger charge is 2.26. The van der Waals surface area contributed by atoms with Crippen LogP contribution in [0.5, 0.6) is 0 Å². The highest BCUT2D eigenvalue weighted by atomic mass is 15.1. The van der Waals surface area contributed by atoms with Crippen LogP contribution < -0.4 is 5.73 Å². The summed E-state index contributed by atoms with van der Waals surface area (Å²) >= 11 is 0. The van der Waals surface area contributed by atoms with Gasteiger partial charge in [-0.15, -0.1) is 0 Å². The zero-order chi connectivity index (χ0) is 10.3. The van der Waals surface area contributed by atoms with Crippen molar-refractivity contribution in [3.05, 3.63) is 17.7 Å². The zero-order valence-electron chi connectivity index (χ0n) is 9.15. The second kappa shape index (κ2) is 3.63. The molecule has 1 atom stereocenters. The first kappa shape index (κ1) is 9.40. The molecule has 2 heterocycles. The van der Waals surface area contributed by atoms with Crippen molar-refractivity contribution in [3.8, 4) is 0 Å². The van der Waals surface area contributed by atoms with Crippen LogP contribution in [0.1, 0.15) is 62.0 Å². The van der Waals surface area contributed by atoms with Crippen molar-refractivity contribution in [3.63, 3.8) is 0 Å². The fourth-order valence-electron chi connectivity index (χ4n) is 3.07. The number of hydrogen-bond acceptors (Lipinski definition) is 2. The summed E-state index contributed by atoms with van der Waals surface area (Å²) in [5.74, 6) is 2.03. The van der Waals surface area contributed by atoms with Gasteiger partial charge < -0.3 is 10.3 Å². The topological polar surface area (TPSA) is 43.8 Å². The Morgan fingerprint density at radius 1 is 1.20 bits per heavy atom. The standard InChI is InChI=1S/C12H19N3/c13-10-6-3-7-15-11(10)8-14-12(15)9-4-1-2-5-9/h8-10H,1-7,13H2. The van der Waals surface area contributed by atoms with E-state index in [-0.39, 0.29) is 6.04 Å². The van der Waals surface area contributed by atoms with E-state index in [1.807, 2.05) is 6.20 Å². The lowest BCUT2D eigenvalue weighted by atomic mass is 10.0. The molecule has 0 bridgehead atoms. The lowest BCUT2D eigenvalue weighted by molar-refractivity contribution is 0.441. The molecule has 1 aliphatic carbocycles. The fourth-order valence-corrected chi connectivity index (χ4v) is 3.07. The Balaban J connectivity index is 1.95. The third-order valence-corrected chi connectivity index (χ3v) is 3.91. The molecule has 1 saturated carbocycles. The van der Waals surface area contributed by atoms with Gasteiger partial charge in [0.15, 0.2) is 0 Å². The maximum atomic E-state index is 6.10. The summed E-state index contributed by atoms with van der Waals surface area (Å²) in [6.45, 7) is 1.13. The zero-order valence-corrected chi connectivity index (χ0v) is 9.15. The van der Waals surface area contributed by atoms with Crippen LogP contribution in [0, 0.1) is 0 Å². The van der Waals surface area contributed by atoms with Gasteiger partial charge in [0.2, 0.25) is 0 Å². The van der Waals surface area contributed by atoms with Crippen LogP contribution in [0.25, 0.3) is 0 Å². The predicted octanol–water partition coefficient (Wildman–Crippen LogP) is 2.33. The minimum absolute atomic E-state index is 0.224. The van der Waals surface area contributed by atoms with Crippen molar-refractivity contribution in [2.24, 2.45) is 5.73 Å². The van der Waals surface area contributed by atoms with Crippen molar-refractivity contribution in [1.29, 1.82) is 0 Å². The second-order valence-corrected chi connectivity index (χ2v) is 4.92. The van der Waals surface area contributed by atoms with E-state index >= 15 is 0 Å². The molecule has 2 aliphatic rings. The van der Waals surface area contributed by atoms with E-state index < -0.39 is 0 Å². The molecular weight excluding hydrogens is 186 g/mol. The number of nitrogens with two attached hydrogens (primary N) is 1. The minimum atomic E-state index is 0.224. The van der Waals surface area contributed by atoms with Gasteiger partial charge in [0.25, 0.3) is 0 Å². The molecule has 0 saturated heterocycles. The van der Waals surface area contributed by atoms with Crippen LogP contribution in [0.15, 0.2) is 6.20 Å². The first-order valence-electron chi connectivity index (χ1n) is 6.17. The number of imidazole rings is 1. The van der Waals surface area contributed by atoms with Crippen LogP contribution in [-0.4, -0.2) is 9.55 Å². The van der Waals surface area contributed by atoms with Gasteiger partial charge in [0.05, 0.1) is 11.9 Å². The summed E-state index contributed by atoms with van der Waals surface area (Å²) in [6.07, 6.45) is 9.74. The first-order valence-corrected chi connectivity index (χ1v) is 6.17. The molecule has 1 aromatic heterocycles. The highest BCUT2D eigenvalue weighted by molar-refractivity contribution is 5.15. The third-order valence-electron chi connectivity index (χ3n) is 3.91. The summed E-state index contributed by atoms with van der Waals surface area (Å²) in [5, 5.41) is 0. The van der Waals surface area contributed by atoms with E-state index in [1.54, 1.807) is 0 Å². The molecule has 1 aromatic rings. The molecular formula is C12H19N3. The highest BCUT2D eigenvalue weighted by Crippen LogP contribution is 2.36. The number of aromatic nitrogens is 2. The molecule has 3 rings (SSSR count). The molecule has 82 valence electrons. The van der Waals surface area contributed by atoms with Gasteiger partial charge in [-0.3, -0.25) is 0 Å². The van der Waals surface area contributed by atoms with Crippen LogP contribution in [0.3, 0.4) is 0 Å². The third kappa shape index (κ3) is 1.49. The Kier molecular flexibility index (Phi) is 2.28. The van der Waals surface area contributed by atoms with Gasteiger partial charge >= 0.3 is 0 Å². The predicted molar refractivity (Wildman–Crippen MR) is 59.6 cm³/mol. The molecule has 3 nitrogen and oxygen atoms in total. The van der Waals surface area contributed by atoms with E-state index in [0.717, 1.165) is 13.0 Å². The molecule has 1 fully saturated rings. The molecule has 0 amide bonds. The molecule has 15 heavy (non-hydrogen) atoms. The van der Waals surface area contributed by atoms with Crippen LogP contribution in [-0.2, 0) is 6.54 Å². The number of fused-ring (bicyclic) bond motifs is 1. The lowest BCUT2D eigenvalue weighted by Gasteiger charge is -2.23. The van der Waals surface area contributed by atoms with Crippen molar-refractivity contribution in [1.82, 2.24) is 9.55 Å². The Hall–Kier alpha value is -0.830. The maximum Gasteiger partial charge on any atom is 0.112 e. The van der Waals surface area contributed by atoms with E-state index in [2.05, 4.69) is 9.55 Å². The van der Waals surface area contributed by atoms with E-state index in [4.69, 9.17) is 5.73 Å². The number of rotatable bonds is 1. The van der Waals surface area contributed by atoms with Crippen molar-refractivity contribution in [2.45, 2.75) is 57.0 Å². The van der Waals surface area contributed by atoms with Gasteiger partial charge in [-0.25, -0.2) is 4.98 Å². The van der Waals surface area contributed by atoms with Crippen molar-refractivity contribution >= 4 is 0 Å². The minimum Gasteiger partial charge on any atom is -0.330 e. The molecule has 2 N–H and O–H groups in total. The molecule has 3 heteroatoms. The Morgan fingerprint density at radius 2 is 2.00 bits per heavy atom.